The van der Waals surface area contributed by atoms with Crippen LogP contribution in [0.15, 0.2) is 77.7 Å². The summed E-state index contributed by atoms with van der Waals surface area (Å²) < 4.78 is 71.0. The van der Waals surface area contributed by atoms with Gasteiger partial charge in [0.1, 0.15) is 17.2 Å². The van der Waals surface area contributed by atoms with Crippen molar-refractivity contribution >= 4 is 27.7 Å². The summed E-state index contributed by atoms with van der Waals surface area (Å²) >= 11 is 0. The molecule has 2 amide bonds. The van der Waals surface area contributed by atoms with Crippen LogP contribution < -0.4 is 11.1 Å². The van der Waals surface area contributed by atoms with Crippen LogP contribution in [0.4, 0.5) is 19.3 Å². The Bertz CT molecular complexity index is 1860. The van der Waals surface area contributed by atoms with Gasteiger partial charge in [-0.1, -0.05) is 36.4 Å². The molecule has 6 rings (SSSR count). The molecule has 3 fully saturated rings. The maximum Gasteiger partial charge on any atom is 0.410 e. The van der Waals surface area contributed by atoms with Crippen molar-refractivity contribution in [3.8, 4) is 0 Å². The van der Waals surface area contributed by atoms with Crippen molar-refractivity contribution in [2.24, 2.45) is 17.1 Å². The summed E-state index contributed by atoms with van der Waals surface area (Å²) in [4.78, 5) is 29.1. The summed E-state index contributed by atoms with van der Waals surface area (Å²) in [5.74, 6) is -1.91. The standard InChI is InChI=1S/C40H50F2N4O6S/c1-39(2,3)52-38(48)45-24-30(46(26-40(25-45)20-21-40)53(49,50)31-8-5-4-6-9-31)16-17-32-33(42)10-7-11-34(32)44-37(47)36(43)35(28-18-22-51-23-19-28)27-12-14-29(41)15-13-27/h4-15,28,30,35-36H,16-26,43H2,1-3H3,(H,44,47). The lowest BCUT2D eigenvalue weighted by Gasteiger charge is -2.34. The lowest BCUT2D eigenvalue weighted by molar-refractivity contribution is -0.118. The number of halogens is 2. The molecule has 0 radical (unpaired) electrons. The van der Waals surface area contributed by atoms with E-state index < -0.39 is 62.7 Å². The van der Waals surface area contributed by atoms with Crippen LogP contribution in [0.2, 0.25) is 0 Å². The van der Waals surface area contributed by atoms with Crippen LogP contribution in [0.3, 0.4) is 0 Å². The van der Waals surface area contributed by atoms with Gasteiger partial charge in [-0.15, -0.1) is 0 Å². The van der Waals surface area contributed by atoms with Crippen molar-refractivity contribution in [3.05, 3.63) is 95.6 Å². The number of anilines is 1. The number of carbonyl (C=O) groups is 2. The van der Waals surface area contributed by atoms with Crippen molar-refractivity contribution in [2.75, 3.05) is 38.2 Å². The average Bonchev–Trinajstić information content (AvgIpc) is 3.92. The maximum atomic E-state index is 15.8. The van der Waals surface area contributed by atoms with E-state index >= 15 is 4.39 Å². The Balaban J connectivity index is 1.27. The van der Waals surface area contributed by atoms with Gasteiger partial charge in [-0.3, -0.25) is 4.79 Å². The molecule has 3 atom stereocenters. The summed E-state index contributed by atoms with van der Waals surface area (Å²) in [6.07, 6.45) is 2.56. The molecular formula is C40H50F2N4O6S. The van der Waals surface area contributed by atoms with Gasteiger partial charge in [0.15, 0.2) is 0 Å². The van der Waals surface area contributed by atoms with E-state index in [0.717, 1.165) is 18.4 Å². The topological polar surface area (TPSA) is 131 Å². The normalized spacial score (nSPS) is 20.7. The Labute approximate surface area is 311 Å². The molecule has 53 heavy (non-hydrogen) atoms. The second kappa shape index (κ2) is 15.8. The van der Waals surface area contributed by atoms with Gasteiger partial charge in [0.25, 0.3) is 0 Å². The van der Waals surface area contributed by atoms with Crippen molar-refractivity contribution < 1.29 is 36.3 Å². The highest BCUT2D eigenvalue weighted by Crippen LogP contribution is 2.50. The Morgan fingerprint density at radius 1 is 0.981 bits per heavy atom. The highest BCUT2D eigenvalue weighted by Gasteiger charge is 2.52. The summed E-state index contributed by atoms with van der Waals surface area (Å²) in [6.45, 7) is 7.00. The highest BCUT2D eigenvalue weighted by molar-refractivity contribution is 7.89. The number of sulfonamides is 1. The number of benzene rings is 3. The van der Waals surface area contributed by atoms with Crippen LogP contribution >= 0.6 is 0 Å². The number of nitrogens with zero attached hydrogens (tertiary/aromatic N) is 2. The van der Waals surface area contributed by atoms with Gasteiger partial charge in [-0.2, -0.15) is 4.31 Å². The number of hydrogen-bond acceptors (Lipinski definition) is 7. The van der Waals surface area contributed by atoms with Gasteiger partial charge in [-0.25, -0.2) is 22.0 Å². The molecular weight excluding hydrogens is 703 g/mol. The van der Waals surface area contributed by atoms with Crippen LogP contribution in [0, 0.1) is 23.0 Å². The second-order valence-corrected chi connectivity index (χ2v) is 17.6. The third-order valence-corrected chi connectivity index (χ3v) is 12.5. The van der Waals surface area contributed by atoms with E-state index in [1.54, 1.807) is 74.2 Å². The van der Waals surface area contributed by atoms with E-state index in [1.165, 1.54) is 28.6 Å². The molecule has 3 N–H and O–H groups in total. The van der Waals surface area contributed by atoms with Crippen LogP contribution in [-0.2, 0) is 30.7 Å². The predicted molar refractivity (Wildman–Crippen MR) is 198 cm³/mol. The zero-order valence-corrected chi connectivity index (χ0v) is 31.4. The fourth-order valence-electron chi connectivity index (χ4n) is 7.68. The minimum absolute atomic E-state index is 0.0115. The number of rotatable bonds is 10. The summed E-state index contributed by atoms with van der Waals surface area (Å²) in [6, 6.07) is 16.8. The first-order chi connectivity index (χ1) is 25.2. The minimum atomic E-state index is -4.01. The number of carbonyl (C=O) groups excluding carboxylic acids is 2. The maximum absolute atomic E-state index is 15.8. The number of amides is 2. The smallest absolute Gasteiger partial charge is 0.410 e. The number of hydrogen-bond donors (Lipinski definition) is 2. The van der Waals surface area contributed by atoms with Crippen molar-refractivity contribution in [2.45, 2.75) is 87.8 Å². The van der Waals surface area contributed by atoms with Crippen LogP contribution in [0.5, 0.6) is 0 Å². The van der Waals surface area contributed by atoms with Crippen molar-refractivity contribution in [3.63, 3.8) is 0 Å². The van der Waals surface area contributed by atoms with Gasteiger partial charge >= 0.3 is 6.09 Å². The molecule has 3 unspecified atom stereocenters. The van der Waals surface area contributed by atoms with E-state index in [-0.39, 0.29) is 48.0 Å². The fraction of sp³-hybridized carbons (Fsp3) is 0.500. The Kier molecular flexibility index (Phi) is 11.6. The first-order valence-electron chi connectivity index (χ1n) is 18.4. The Morgan fingerprint density at radius 3 is 2.30 bits per heavy atom. The highest BCUT2D eigenvalue weighted by atomic mass is 32.2. The van der Waals surface area contributed by atoms with E-state index in [0.29, 0.717) is 32.6 Å². The molecule has 0 bridgehead atoms. The molecule has 0 aromatic heterocycles. The van der Waals surface area contributed by atoms with Crippen molar-refractivity contribution in [1.82, 2.24) is 9.21 Å². The summed E-state index contributed by atoms with van der Waals surface area (Å²) in [5.41, 5.74) is 6.67. The molecule has 3 aromatic carbocycles. The van der Waals surface area contributed by atoms with Crippen LogP contribution in [0.25, 0.3) is 0 Å². The van der Waals surface area contributed by atoms with Gasteiger partial charge in [0.05, 0.1) is 10.9 Å². The molecule has 2 saturated heterocycles. The fourth-order valence-corrected chi connectivity index (χ4v) is 9.46. The summed E-state index contributed by atoms with van der Waals surface area (Å²) in [5, 5.41) is 2.87. The average molecular weight is 753 g/mol. The summed E-state index contributed by atoms with van der Waals surface area (Å²) in [7, 11) is -4.01. The first kappa shape index (κ1) is 38.8. The molecule has 1 saturated carbocycles. The minimum Gasteiger partial charge on any atom is -0.444 e. The van der Waals surface area contributed by atoms with Gasteiger partial charge in [0, 0.05) is 61.5 Å². The van der Waals surface area contributed by atoms with Gasteiger partial charge < -0.3 is 25.4 Å². The van der Waals surface area contributed by atoms with Crippen molar-refractivity contribution in [1.29, 1.82) is 0 Å². The largest absolute Gasteiger partial charge is 0.444 e. The van der Waals surface area contributed by atoms with E-state index in [4.69, 9.17) is 15.2 Å². The van der Waals surface area contributed by atoms with E-state index in [9.17, 15) is 22.4 Å². The molecule has 10 nitrogen and oxygen atoms in total. The van der Waals surface area contributed by atoms with E-state index in [2.05, 4.69) is 5.32 Å². The molecule has 2 heterocycles. The monoisotopic (exact) mass is 752 g/mol. The number of nitrogens with one attached hydrogen (secondary N) is 1. The Hall–Kier alpha value is -3.91. The molecule has 3 aromatic rings. The molecule has 2 aliphatic heterocycles. The third kappa shape index (κ3) is 9.25. The van der Waals surface area contributed by atoms with Crippen LogP contribution in [0.1, 0.15) is 69.9 Å². The quantitative estimate of drug-likeness (QED) is 0.243. The zero-order chi connectivity index (χ0) is 38.0. The first-order valence-corrected chi connectivity index (χ1v) is 19.8. The van der Waals surface area contributed by atoms with Gasteiger partial charge in [0.2, 0.25) is 15.9 Å². The predicted octanol–water partition coefficient (Wildman–Crippen LogP) is 6.46. The van der Waals surface area contributed by atoms with Gasteiger partial charge in [-0.05, 0) is 107 Å². The third-order valence-electron chi connectivity index (χ3n) is 10.6. The molecule has 1 aliphatic carbocycles. The zero-order valence-electron chi connectivity index (χ0n) is 30.6. The lowest BCUT2D eigenvalue weighted by atomic mass is 9.76. The Morgan fingerprint density at radius 2 is 1.66 bits per heavy atom. The molecule has 3 aliphatic rings. The number of nitrogens with two attached hydrogens (primary N) is 1. The van der Waals surface area contributed by atoms with E-state index in [1.807, 2.05) is 0 Å². The number of ether oxygens (including phenoxy) is 2. The molecule has 286 valence electrons. The second-order valence-electron chi connectivity index (χ2n) is 15.7. The lowest BCUT2D eigenvalue weighted by Crippen LogP contribution is -2.47. The molecule has 1 spiro atoms. The molecule has 13 heteroatoms. The SMILES string of the molecule is CC(C)(C)OC(=O)N1CC(CCc2c(F)cccc2NC(=O)C(N)C(c2ccc(F)cc2)C2CCOCC2)N(S(=O)(=O)c2ccccc2)CC2(CC2)C1. The van der Waals surface area contributed by atoms with Crippen LogP contribution in [-0.4, -0.2) is 80.2 Å².